The fourth-order valence-electron chi connectivity index (χ4n) is 3.20. The zero-order chi connectivity index (χ0) is 15.6. The SMILES string of the molecule is CC1CCN(C(=O)c2ncc(CC3(F)CCNCC3)o2)CC1. The Balaban J connectivity index is 1.62. The van der Waals surface area contributed by atoms with Gasteiger partial charge >= 0.3 is 5.91 Å². The number of oxazole rings is 1. The third-order valence-electron chi connectivity index (χ3n) is 4.80. The van der Waals surface area contributed by atoms with Crippen molar-refractivity contribution >= 4 is 5.91 Å². The summed E-state index contributed by atoms with van der Waals surface area (Å²) in [6.45, 7) is 5.06. The highest BCUT2D eigenvalue weighted by atomic mass is 19.1. The average Bonchev–Trinajstić information content (AvgIpc) is 2.96. The molecular formula is C16H24FN3O2. The number of halogens is 1. The van der Waals surface area contributed by atoms with Crippen LogP contribution in [0.25, 0.3) is 0 Å². The quantitative estimate of drug-likeness (QED) is 0.930. The van der Waals surface area contributed by atoms with Gasteiger partial charge in [-0.15, -0.1) is 0 Å². The van der Waals surface area contributed by atoms with Crippen LogP contribution in [0.4, 0.5) is 4.39 Å². The van der Waals surface area contributed by atoms with Crippen molar-refractivity contribution in [3.8, 4) is 0 Å². The second-order valence-electron chi connectivity index (χ2n) is 6.68. The molecule has 0 aromatic carbocycles. The molecule has 1 N–H and O–H groups in total. The summed E-state index contributed by atoms with van der Waals surface area (Å²) in [5.41, 5.74) is -1.24. The summed E-state index contributed by atoms with van der Waals surface area (Å²) in [5.74, 6) is 1.06. The predicted molar refractivity (Wildman–Crippen MR) is 80.5 cm³/mol. The maximum atomic E-state index is 14.6. The van der Waals surface area contributed by atoms with Crippen molar-refractivity contribution in [2.24, 2.45) is 5.92 Å². The van der Waals surface area contributed by atoms with Crippen molar-refractivity contribution in [2.45, 2.75) is 44.7 Å². The third kappa shape index (κ3) is 3.48. The van der Waals surface area contributed by atoms with Crippen molar-refractivity contribution in [1.82, 2.24) is 15.2 Å². The van der Waals surface area contributed by atoms with Gasteiger partial charge in [-0.05, 0) is 44.7 Å². The molecule has 2 saturated heterocycles. The fraction of sp³-hybridized carbons (Fsp3) is 0.750. The molecule has 2 aliphatic rings. The largest absolute Gasteiger partial charge is 0.437 e. The number of piperidine rings is 2. The number of amides is 1. The second kappa shape index (κ2) is 6.36. The Morgan fingerprint density at radius 1 is 1.45 bits per heavy atom. The predicted octanol–water partition coefficient (Wildman–Crippen LogP) is 2.18. The molecule has 1 aromatic heterocycles. The van der Waals surface area contributed by atoms with Crippen LogP contribution in [0.3, 0.4) is 0 Å². The average molecular weight is 309 g/mol. The van der Waals surface area contributed by atoms with Crippen LogP contribution >= 0.6 is 0 Å². The maximum Gasteiger partial charge on any atom is 0.309 e. The number of carbonyl (C=O) groups is 1. The Labute approximate surface area is 130 Å². The van der Waals surface area contributed by atoms with E-state index in [1.807, 2.05) is 0 Å². The number of carbonyl (C=O) groups excluding carboxylic acids is 1. The van der Waals surface area contributed by atoms with Crippen molar-refractivity contribution in [3.63, 3.8) is 0 Å². The van der Waals surface area contributed by atoms with E-state index in [0.717, 1.165) is 25.9 Å². The van der Waals surface area contributed by atoms with Crippen LogP contribution in [-0.4, -0.2) is 47.6 Å². The molecule has 22 heavy (non-hydrogen) atoms. The Morgan fingerprint density at radius 3 is 2.82 bits per heavy atom. The molecule has 0 spiro atoms. The van der Waals surface area contributed by atoms with Crippen LogP contribution in [0.5, 0.6) is 0 Å². The van der Waals surface area contributed by atoms with E-state index < -0.39 is 5.67 Å². The summed E-state index contributed by atoms with van der Waals surface area (Å²) in [5, 5.41) is 3.15. The molecule has 6 heteroatoms. The number of hydrogen-bond donors (Lipinski definition) is 1. The number of nitrogens with one attached hydrogen (secondary N) is 1. The van der Waals surface area contributed by atoms with E-state index in [2.05, 4.69) is 17.2 Å². The van der Waals surface area contributed by atoms with Gasteiger partial charge in [0.05, 0.1) is 6.20 Å². The van der Waals surface area contributed by atoms with E-state index in [1.54, 1.807) is 4.90 Å². The number of likely N-dealkylation sites (tertiary alicyclic amines) is 1. The summed E-state index contributed by atoms with van der Waals surface area (Å²) in [7, 11) is 0. The second-order valence-corrected chi connectivity index (χ2v) is 6.68. The summed E-state index contributed by atoms with van der Waals surface area (Å²) >= 11 is 0. The molecule has 5 nitrogen and oxygen atoms in total. The highest BCUT2D eigenvalue weighted by Gasteiger charge is 2.34. The van der Waals surface area contributed by atoms with Gasteiger partial charge in [0.25, 0.3) is 5.89 Å². The van der Waals surface area contributed by atoms with Gasteiger partial charge < -0.3 is 14.6 Å². The van der Waals surface area contributed by atoms with Gasteiger partial charge in [-0.25, -0.2) is 9.37 Å². The zero-order valence-corrected chi connectivity index (χ0v) is 13.1. The van der Waals surface area contributed by atoms with Gasteiger partial charge in [-0.2, -0.15) is 0 Å². The maximum absolute atomic E-state index is 14.6. The van der Waals surface area contributed by atoms with Crippen LogP contribution in [0.1, 0.15) is 49.1 Å². The molecule has 0 atom stereocenters. The van der Waals surface area contributed by atoms with Gasteiger partial charge in [-0.1, -0.05) is 6.92 Å². The molecule has 0 saturated carbocycles. The lowest BCUT2D eigenvalue weighted by Crippen LogP contribution is -2.40. The molecular weight excluding hydrogens is 285 g/mol. The lowest BCUT2D eigenvalue weighted by atomic mass is 9.90. The minimum absolute atomic E-state index is 0.0992. The molecule has 1 amide bonds. The number of nitrogens with zero attached hydrogens (tertiary/aromatic N) is 2. The van der Waals surface area contributed by atoms with Crippen molar-refractivity contribution < 1.29 is 13.6 Å². The molecule has 122 valence electrons. The molecule has 1 aromatic rings. The Morgan fingerprint density at radius 2 is 2.14 bits per heavy atom. The standard InChI is InChI=1S/C16H24FN3O2/c1-12-2-8-20(9-3-12)15(21)14-19-11-13(22-14)10-16(17)4-6-18-7-5-16/h11-12,18H,2-10H2,1H3. The molecule has 0 bridgehead atoms. The number of aromatic nitrogens is 1. The first-order valence-electron chi connectivity index (χ1n) is 8.19. The Bertz CT molecular complexity index is 517. The van der Waals surface area contributed by atoms with E-state index in [0.29, 0.717) is 37.6 Å². The van der Waals surface area contributed by atoms with Crippen LogP contribution in [0.2, 0.25) is 0 Å². The molecule has 2 aliphatic heterocycles. The summed E-state index contributed by atoms with van der Waals surface area (Å²) < 4.78 is 20.2. The lowest BCUT2D eigenvalue weighted by molar-refractivity contribution is 0.0648. The first-order valence-corrected chi connectivity index (χ1v) is 8.19. The van der Waals surface area contributed by atoms with Crippen molar-refractivity contribution in [1.29, 1.82) is 0 Å². The normalized spacial score (nSPS) is 22.7. The summed E-state index contributed by atoms with van der Waals surface area (Å²) in [6.07, 6.45) is 4.68. The Hall–Kier alpha value is -1.43. The van der Waals surface area contributed by atoms with Gasteiger partial charge in [0.15, 0.2) is 0 Å². The number of rotatable bonds is 3. The topological polar surface area (TPSA) is 58.4 Å². The van der Waals surface area contributed by atoms with E-state index >= 15 is 0 Å². The fourth-order valence-corrected chi connectivity index (χ4v) is 3.20. The molecule has 2 fully saturated rings. The van der Waals surface area contributed by atoms with E-state index in [4.69, 9.17) is 4.42 Å². The third-order valence-corrected chi connectivity index (χ3v) is 4.80. The van der Waals surface area contributed by atoms with E-state index in [1.165, 1.54) is 6.20 Å². The minimum atomic E-state index is -1.24. The van der Waals surface area contributed by atoms with Gasteiger partial charge in [0.1, 0.15) is 11.4 Å². The van der Waals surface area contributed by atoms with E-state index in [-0.39, 0.29) is 18.2 Å². The minimum Gasteiger partial charge on any atom is -0.437 e. The van der Waals surface area contributed by atoms with Crippen LogP contribution < -0.4 is 5.32 Å². The smallest absolute Gasteiger partial charge is 0.309 e. The first-order chi connectivity index (χ1) is 10.6. The molecule has 3 rings (SSSR count). The van der Waals surface area contributed by atoms with Crippen molar-refractivity contribution in [2.75, 3.05) is 26.2 Å². The molecule has 0 aliphatic carbocycles. The van der Waals surface area contributed by atoms with Gasteiger partial charge in [0, 0.05) is 19.5 Å². The Kier molecular flexibility index (Phi) is 4.47. The lowest BCUT2D eigenvalue weighted by Gasteiger charge is -2.29. The van der Waals surface area contributed by atoms with Gasteiger partial charge in [0.2, 0.25) is 0 Å². The number of alkyl halides is 1. The molecule has 3 heterocycles. The van der Waals surface area contributed by atoms with Crippen LogP contribution in [-0.2, 0) is 6.42 Å². The zero-order valence-electron chi connectivity index (χ0n) is 13.1. The first kappa shape index (κ1) is 15.5. The summed E-state index contributed by atoms with van der Waals surface area (Å²) in [4.78, 5) is 18.2. The molecule has 0 radical (unpaired) electrons. The molecule has 0 unspecified atom stereocenters. The highest BCUT2D eigenvalue weighted by Crippen LogP contribution is 2.28. The number of hydrogen-bond acceptors (Lipinski definition) is 4. The van der Waals surface area contributed by atoms with Gasteiger partial charge in [-0.3, -0.25) is 4.79 Å². The monoisotopic (exact) mass is 309 g/mol. The van der Waals surface area contributed by atoms with Crippen molar-refractivity contribution in [3.05, 3.63) is 17.8 Å². The highest BCUT2D eigenvalue weighted by molar-refractivity contribution is 5.89. The van der Waals surface area contributed by atoms with E-state index in [9.17, 15) is 9.18 Å². The summed E-state index contributed by atoms with van der Waals surface area (Å²) in [6, 6.07) is 0. The van der Waals surface area contributed by atoms with Crippen LogP contribution in [0, 0.1) is 5.92 Å². The van der Waals surface area contributed by atoms with Crippen LogP contribution in [0.15, 0.2) is 10.6 Å².